The lowest BCUT2D eigenvalue weighted by Gasteiger charge is -2.37. The Morgan fingerprint density at radius 2 is 1.91 bits per heavy atom. The predicted molar refractivity (Wildman–Crippen MR) is 118 cm³/mol. The summed E-state index contributed by atoms with van der Waals surface area (Å²) in [6.07, 6.45) is 0.811. The van der Waals surface area contributed by atoms with E-state index in [9.17, 15) is 14.9 Å². The Kier molecular flexibility index (Phi) is 5.49. The molecule has 32 heavy (non-hydrogen) atoms. The Morgan fingerprint density at radius 3 is 2.53 bits per heavy atom. The molecule has 3 heterocycles. The molecular weight excluding hydrogens is 406 g/mol. The molecule has 2 saturated heterocycles. The van der Waals surface area contributed by atoms with Crippen LogP contribution in [0.1, 0.15) is 66.6 Å². The molecule has 0 unspecified atom stereocenters. The van der Waals surface area contributed by atoms with E-state index in [1.165, 1.54) is 0 Å². The number of hydrogen-bond acceptors (Lipinski definition) is 5. The summed E-state index contributed by atoms with van der Waals surface area (Å²) in [5, 5.41) is 9.31. The minimum Gasteiger partial charge on any atom is -0.465 e. The van der Waals surface area contributed by atoms with Crippen LogP contribution >= 0.6 is 0 Å². The Bertz CT molecular complexity index is 1080. The van der Waals surface area contributed by atoms with Gasteiger partial charge in [0, 0.05) is 31.3 Å². The zero-order valence-corrected chi connectivity index (χ0v) is 19.1. The zero-order valence-electron chi connectivity index (χ0n) is 19.1. The van der Waals surface area contributed by atoms with Crippen LogP contribution in [0.3, 0.4) is 0 Å². The van der Waals surface area contributed by atoms with Crippen molar-refractivity contribution in [2.45, 2.75) is 58.1 Å². The van der Waals surface area contributed by atoms with E-state index in [0.29, 0.717) is 55.9 Å². The summed E-state index contributed by atoms with van der Waals surface area (Å²) in [4.78, 5) is 29.2. The number of nitriles is 1. The molecule has 0 radical (unpaired) electrons. The van der Waals surface area contributed by atoms with Gasteiger partial charge in [-0.05, 0) is 24.6 Å². The molecule has 7 nitrogen and oxygen atoms in total. The first kappa shape index (κ1) is 21.9. The van der Waals surface area contributed by atoms with Gasteiger partial charge in [-0.3, -0.25) is 9.69 Å². The van der Waals surface area contributed by atoms with Crippen LogP contribution < -0.4 is 0 Å². The average molecular weight is 436 g/mol. The highest BCUT2D eigenvalue weighted by Crippen LogP contribution is 2.35. The molecule has 1 spiro atoms. The molecule has 1 aromatic carbocycles. The van der Waals surface area contributed by atoms with Crippen LogP contribution in [0.15, 0.2) is 34.7 Å². The van der Waals surface area contributed by atoms with Crippen LogP contribution in [0.4, 0.5) is 4.79 Å². The molecule has 2 aromatic rings. The third-order valence-corrected chi connectivity index (χ3v) is 6.39. The van der Waals surface area contributed by atoms with Gasteiger partial charge in [0.25, 0.3) is 5.91 Å². The van der Waals surface area contributed by atoms with Crippen molar-refractivity contribution in [3.8, 4) is 6.07 Å². The molecule has 1 aromatic heterocycles. The predicted octanol–water partition coefficient (Wildman–Crippen LogP) is 4.38. The van der Waals surface area contributed by atoms with Crippen LogP contribution in [0.5, 0.6) is 0 Å². The van der Waals surface area contributed by atoms with Crippen molar-refractivity contribution in [3.63, 3.8) is 0 Å². The van der Waals surface area contributed by atoms with E-state index < -0.39 is 5.60 Å². The smallest absolute Gasteiger partial charge is 0.410 e. The monoisotopic (exact) mass is 435 g/mol. The van der Waals surface area contributed by atoms with Crippen molar-refractivity contribution >= 4 is 12.0 Å². The van der Waals surface area contributed by atoms with Gasteiger partial charge in [0.15, 0.2) is 0 Å². The number of aryl methyl sites for hydroxylation is 1. The number of hydrogen-bond donors (Lipinski definition) is 0. The van der Waals surface area contributed by atoms with Crippen molar-refractivity contribution in [2.24, 2.45) is 0 Å². The molecule has 2 aliphatic rings. The second-order valence-electron chi connectivity index (χ2n) is 9.80. The maximum absolute atomic E-state index is 13.1. The number of rotatable bonds is 3. The van der Waals surface area contributed by atoms with Gasteiger partial charge in [0.2, 0.25) is 0 Å². The average Bonchev–Trinajstić information content (AvgIpc) is 3.28. The summed E-state index contributed by atoms with van der Waals surface area (Å²) < 4.78 is 11.6. The second kappa shape index (κ2) is 8.01. The summed E-state index contributed by atoms with van der Waals surface area (Å²) in [7, 11) is 0. The molecule has 168 valence electrons. The normalized spacial score (nSPS) is 18.0. The molecule has 2 fully saturated rings. The number of carbonyl (C=O) groups is 2. The van der Waals surface area contributed by atoms with Gasteiger partial charge in [-0.25, -0.2) is 4.79 Å². The number of furan rings is 1. The van der Waals surface area contributed by atoms with Crippen molar-refractivity contribution in [2.75, 3.05) is 19.6 Å². The molecule has 4 rings (SSSR count). The lowest BCUT2D eigenvalue weighted by molar-refractivity contribution is 0.00309. The summed E-state index contributed by atoms with van der Waals surface area (Å²) in [5.41, 5.74) is 1.22. The lowest BCUT2D eigenvalue weighted by Crippen LogP contribution is -2.48. The van der Waals surface area contributed by atoms with E-state index in [2.05, 4.69) is 26.8 Å². The molecule has 7 heteroatoms. The molecule has 0 bridgehead atoms. The summed E-state index contributed by atoms with van der Waals surface area (Å²) >= 11 is 0. The summed E-state index contributed by atoms with van der Waals surface area (Å²) in [5.74, 6) is 1.39. The van der Waals surface area contributed by atoms with Crippen LogP contribution in [0.2, 0.25) is 0 Å². The van der Waals surface area contributed by atoms with E-state index in [0.717, 1.165) is 11.3 Å². The minimum atomic E-state index is -0.586. The van der Waals surface area contributed by atoms with Gasteiger partial charge in [0.1, 0.15) is 17.1 Å². The number of carbonyl (C=O) groups excluding carboxylic acids is 2. The number of ether oxygens (including phenoxy) is 1. The Hall–Kier alpha value is -3.27. The fraction of sp³-hybridized carbons (Fsp3) is 0.480. The standard InChI is InChI=1S/C25H29N3O4/c1-17-20(13-21(31-17)24(2,3)4)22(29)27-11-9-25(10-12-27)16-28(23(30)32-25)15-19-8-6-5-7-18(19)14-26/h5-8,13H,9-12,15-16H2,1-4H3. The molecule has 0 saturated carbocycles. The number of benzene rings is 1. The second-order valence-corrected chi connectivity index (χ2v) is 9.80. The molecular formula is C25H29N3O4. The largest absolute Gasteiger partial charge is 0.465 e. The number of amides is 2. The Labute approximate surface area is 188 Å². The van der Waals surface area contributed by atoms with E-state index in [1.807, 2.05) is 36.1 Å². The topological polar surface area (TPSA) is 86.8 Å². The van der Waals surface area contributed by atoms with Crippen LogP contribution in [-0.4, -0.2) is 47.0 Å². The quantitative estimate of drug-likeness (QED) is 0.714. The van der Waals surface area contributed by atoms with Crippen LogP contribution in [0, 0.1) is 18.3 Å². The van der Waals surface area contributed by atoms with Crippen molar-refractivity contribution in [1.29, 1.82) is 5.26 Å². The van der Waals surface area contributed by atoms with Gasteiger partial charge in [-0.15, -0.1) is 0 Å². The molecule has 2 amide bonds. The molecule has 0 aliphatic carbocycles. The first-order valence-electron chi connectivity index (χ1n) is 11.0. The van der Waals surface area contributed by atoms with E-state index in [1.54, 1.807) is 11.0 Å². The van der Waals surface area contributed by atoms with Gasteiger partial charge in [0.05, 0.1) is 30.3 Å². The fourth-order valence-electron chi connectivity index (χ4n) is 4.40. The molecule has 0 atom stereocenters. The zero-order chi connectivity index (χ0) is 23.1. The summed E-state index contributed by atoms with van der Waals surface area (Å²) in [6, 6.07) is 11.3. The number of likely N-dealkylation sites (tertiary alicyclic amines) is 1. The third-order valence-electron chi connectivity index (χ3n) is 6.39. The highest BCUT2D eigenvalue weighted by Gasteiger charge is 2.47. The van der Waals surface area contributed by atoms with E-state index in [-0.39, 0.29) is 17.4 Å². The highest BCUT2D eigenvalue weighted by atomic mass is 16.6. The van der Waals surface area contributed by atoms with Crippen molar-refractivity contribution < 1.29 is 18.7 Å². The van der Waals surface area contributed by atoms with E-state index >= 15 is 0 Å². The maximum Gasteiger partial charge on any atom is 0.410 e. The van der Waals surface area contributed by atoms with Crippen LogP contribution in [-0.2, 0) is 16.7 Å². The van der Waals surface area contributed by atoms with Crippen molar-refractivity contribution in [1.82, 2.24) is 9.80 Å². The van der Waals surface area contributed by atoms with Gasteiger partial charge >= 0.3 is 6.09 Å². The van der Waals surface area contributed by atoms with Gasteiger partial charge in [-0.2, -0.15) is 5.26 Å². The van der Waals surface area contributed by atoms with E-state index in [4.69, 9.17) is 9.15 Å². The summed E-state index contributed by atoms with van der Waals surface area (Å²) in [6.45, 7) is 9.83. The van der Waals surface area contributed by atoms with Crippen LogP contribution in [0.25, 0.3) is 0 Å². The molecule has 0 N–H and O–H groups in total. The SMILES string of the molecule is Cc1oc(C(C)(C)C)cc1C(=O)N1CCC2(CC1)CN(Cc1ccccc1C#N)C(=O)O2. The first-order valence-corrected chi connectivity index (χ1v) is 11.0. The lowest BCUT2D eigenvalue weighted by atomic mass is 9.90. The fourth-order valence-corrected chi connectivity index (χ4v) is 4.40. The Balaban J connectivity index is 1.41. The van der Waals surface area contributed by atoms with Gasteiger partial charge < -0.3 is 14.1 Å². The first-order chi connectivity index (χ1) is 15.1. The third kappa shape index (κ3) is 4.10. The molecule has 2 aliphatic heterocycles. The maximum atomic E-state index is 13.1. The minimum absolute atomic E-state index is 0.0410. The highest BCUT2D eigenvalue weighted by molar-refractivity contribution is 5.95. The number of piperidine rings is 1. The van der Waals surface area contributed by atoms with Crippen molar-refractivity contribution in [3.05, 3.63) is 58.5 Å². The van der Waals surface area contributed by atoms with Gasteiger partial charge in [-0.1, -0.05) is 39.0 Å². The number of nitrogens with zero attached hydrogens (tertiary/aromatic N) is 3. The Morgan fingerprint density at radius 1 is 1.22 bits per heavy atom.